The zero-order valence-corrected chi connectivity index (χ0v) is 19.2. The van der Waals surface area contributed by atoms with Crippen LogP contribution in [0.3, 0.4) is 0 Å². The lowest BCUT2D eigenvalue weighted by Gasteiger charge is -2.33. The highest BCUT2D eigenvalue weighted by Crippen LogP contribution is 2.33. The highest BCUT2D eigenvalue weighted by Gasteiger charge is 2.43. The number of nitrogens with one attached hydrogen (secondary N) is 1. The van der Waals surface area contributed by atoms with Gasteiger partial charge in [-0.05, 0) is 73.7 Å². The van der Waals surface area contributed by atoms with Crippen molar-refractivity contribution < 1.29 is 19.2 Å². The van der Waals surface area contributed by atoms with Crippen LogP contribution in [0.2, 0.25) is 0 Å². The maximum Gasteiger partial charge on any atom is 0.366 e. The summed E-state index contributed by atoms with van der Waals surface area (Å²) in [5.41, 5.74) is -0.766. The second-order valence-corrected chi connectivity index (χ2v) is 9.13. The largest absolute Gasteiger partial charge is 0.497 e. The Morgan fingerprint density at radius 3 is 2.64 bits per heavy atom. The van der Waals surface area contributed by atoms with Crippen LogP contribution in [0.15, 0.2) is 51.8 Å². The van der Waals surface area contributed by atoms with E-state index in [1.165, 1.54) is 0 Å². The first-order valence-corrected chi connectivity index (χ1v) is 11.8. The molecule has 2 N–H and O–H groups in total. The van der Waals surface area contributed by atoms with Crippen LogP contribution in [0.5, 0.6) is 5.75 Å². The topological polar surface area (TPSA) is 102 Å². The van der Waals surface area contributed by atoms with Gasteiger partial charge in [0.1, 0.15) is 5.75 Å². The van der Waals surface area contributed by atoms with Gasteiger partial charge in [0.05, 0.1) is 18.2 Å². The molecule has 1 aromatic heterocycles. The molecule has 170 valence electrons. The second-order valence-electron chi connectivity index (χ2n) is 7.90. The van der Waals surface area contributed by atoms with Crippen molar-refractivity contribution in [2.24, 2.45) is 5.92 Å². The van der Waals surface area contributed by atoms with Gasteiger partial charge in [0.2, 0.25) is 5.60 Å². The Morgan fingerprint density at radius 2 is 1.94 bits per heavy atom. The molecule has 1 aliphatic rings. The van der Waals surface area contributed by atoms with Crippen molar-refractivity contribution in [3.8, 4) is 17.6 Å². The quantitative estimate of drug-likeness (QED) is 0.571. The molecular weight excluding hydrogens is 440 g/mol. The van der Waals surface area contributed by atoms with Gasteiger partial charge < -0.3 is 19.7 Å². The fourth-order valence-electron chi connectivity index (χ4n) is 3.84. The average Bonchev–Trinajstić information content (AvgIpc) is 2.85. The number of fused-ring (bicyclic) bond motifs is 1. The van der Waals surface area contributed by atoms with E-state index in [2.05, 4.69) is 22.3 Å². The maximum atomic E-state index is 13.4. The minimum Gasteiger partial charge on any atom is -0.497 e. The van der Waals surface area contributed by atoms with Gasteiger partial charge in [0.15, 0.2) is 0 Å². The average molecular weight is 465 g/mol. The fourth-order valence-corrected chi connectivity index (χ4v) is 4.94. The lowest BCUT2D eigenvalue weighted by molar-refractivity contribution is -0.133. The number of ether oxygens (including phenoxy) is 1. The van der Waals surface area contributed by atoms with Gasteiger partial charge in [-0.15, -0.1) is 0 Å². The Hall–Kier alpha value is -3.28. The van der Waals surface area contributed by atoms with Crippen molar-refractivity contribution in [1.82, 2.24) is 5.16 Å². The van der Waals surface area contributed by atoms with Crippen molar-refractivity contribution in [2.45, 2.75) is 25.4 Å². The molecule has 2 heterocycles. The molecule has 7 nitrogen and oxygen atoms in total. The molecule has 1 fully saturated rings. The molecule has 8 heteroatoms. The summed E-state index contributed by atoms with van der Waals surface area (Å²) in [7, 11) is 1.59. The van der Waals surface area contributed by atoms with E-state index in [0.29, 0.717) is 46.3 Å². The van der Waals surface area contributed by atoms with Crippen LogP contribution >= 0.6 is 11.8 Å². The number of aromatic nitrogens is 1. The zero-order chi connectivity index (χ0) is 23.4. The second kappa shape index (κ2) is 9.69. The van der Waals surface area contributed by atoms with Crippen LogP contribution in [0.4, 0.5) is 5.69 Å². The van der Waals surface area contributed by atoms with Gasteiger partial charge >= 0.3 is 5.63 Å². The summed E-state index contributed by atoms with van der Waals surface area (Å²) in [5.74, 6) is 7.37. The molecule has 4 rings (SSSR count). The molecule has 1 amide bonds. The number of hydrogen-bond donors (Lipinski definition) is 2. The Balaban J connectivity index is 1.66. The molecule has 0 spiro atoms. The van der Waals surface area contributed by atoms with E-state index in [1.807, 2.05) is 0 Å². The number of amides is 1. The van der Waals surface area contributed by atoms with Crippen LogP contribution in [-0.4, -0.2) is 40.4 Å². The number of anilines is 1. The Morgan fingerprint density at radius 1 is 1.21 bits per heavy atom. The van der Waals surface area contributed by atoms with Crippen LogP contribution in [0, 0.1) is 24.7 Å². The van der Waals surface area contributed by atoms with Gasteiger partial charge in [0, 0.05) is 22.6 Å². The SMILES string of the molecule is COc1ccc(C#CC(O)(C(=O)Nc2ccc3c(=O)onc(C)c3c2)C2CCSCC2)cc1. The first kappa shape index (κ1) is 22.9. The summed E-state index contributed by atoms with van der Waals surface area (Å²) in [5, 5.41) is 19.0. The molecule has 0 aliphatic carbocycles. The number of rotatable bonds is 4. The summed E-state index contributed by atoms with van der Waals surface area (Å²) in [4.78, 5) is 25.3. The number of thioether (sulfide) groups is 1. The summed E-state index contributed by atoms with van der Waals surface area (Å²) in [6.07, 6.45) is 1.38. The van der Waals surface area contributed by atoms with E-state index in [1.54, 1.807) is 68.3 Å². The summed E-state index contributed by atoms with van der Waals surface area (Å²) < 4.78 is 9.92. The smallest absolute Gasteiger partial charge is 0.366 e. The van der Waals surface area contributed by atoms with Gasteiger partial charge in [-0.1, -0.05) is 17.0 Å². The van der Waals surface area contributed by atoms with E-state index >= 15 is 0 Å². The van der Waals surface area contributed by atoms with Crippen molar-refractivity contribution in [3.05, 3.63) is 64.1 Å². The van der Waals surface area contributed by atoms with E-state index < -0.39 is 17.1 Å². The third-order valence-electron chi connectivity index (χ3n) is 5.80. The predicted molar refractivity (Wildman–Crippen MR) is 129 cm³/mol. The monoisotopic (exact) mass is 464 g/mol. The molecule has 0 radical (unpaired) electrons. The van der Waals surface area contributed by atoms with E-state index in [0.717, 1.165) is 11.5 Å². The summed E-state index contributed by atoms with van der Waals surface area (Å²) >= 11 is 1.80. The summed E-state index contributed by atoms with van der Waals surface area (Å²) in [6, 6.07) is 12.0. The summed E-state index contributed by atoms with van der Waals surface area (Å²) in [6.45, 7) is 1.72. The van der Waals surface area contributed by atoms with E-state index in [9.17, 15) is 14.7 Å². The van der Waals surface area contributed by atoms with Gasteiger partial charge in [-0.3, -0.25) is 4.79 Å². The predicted octanol–water partition coefficient (Wildman–Crippen LogP) is 3.37. The molecule has 1 aliphatic heterocycles. The Kier molecular flexibility index (Phi) is 6.72. The number of carbonyl (C=O) groups excluding carboxylic acids is 1. The van der Waals surface area contributed by atoms with Gasteiger partial charge in [0.25, 0.3) is 5.91 Å². The Labute approximate surface area is 195 Å². The van der Waals surface area contributed by atoms with Crippen molar-refractivity contribution in [3.63, 3.8) is 0 Å². The number of aliphatic hydroxyl groups is 1. The highest BCUT2D eigenvalue weighted by atomic mass is 32.2. The maximum absolute atomic E-state index is 13.4. The molecule has 1 unspecified atom stereocenters. The van der Waals surface area contributed by atoms with E-state index in [-0.39, 0.29) is 5.92 Å². The van der Waals surface area contributed by atoms with Crippen molar-refractivity contribution in [2.75, 3.05) is 23.9 Å². The number of methoxy groups -OCH3 is 1. The molecule has 1 atom stereocenters. The van der Waals surface area contributed by atoms with Crippen LogP contribution in [0.25, 0.3) is 10.8 Å². The third-order valence-corrected chi connectivity index (χ3v) is 6.85. The van der Waals surface area contributed by atoms with Crippen molar-refractivity contribution in [1.29, 1.82) is 0 Å². The van der Waals surface area contributed by atoms with Crippen LogP contribution < -0.4 is 15.7 Å². The molecular formula is C25H24N2O5S. The fraction of sp³-hybridized carbons (Fsp3) is 0.320. The van der Waals surface area contributed by atoms with E-state index in [4.69, 9.17) is 9.26 Å². The number of nitrogens with zero attached hydrogens (tertiary/aromatic N) is 1. The van der Waals surface area contributed by atoms with Gasteiger partial charge in [-0.25, -0.2) is 4.79 Å². The van der Waals surface area contributed by atoms with Crippen LogP contribution in [-0.2, 0) is 4.79 Å². The lowest BCUT2D eigenvalue weighted by atomic mass is 9.82. The lowest BCUT2D eigenvalue weighted by Crippen LogP contribution is -2.49. The molecule has 2 aromatic carbocycles. The van der Waals surface area contributed by atoms with Crippen molar-refractivity contribution >= 4 is 34.1 Å². The zero-order valence-electron chi connectivity index (χ0n) is 18.4. The highest BCUT2D eigenvalue weighted by molar-refractivity contribution is 7.99. The number of benzene rings is 2. The Bertz CT molecular complexity index is 1290. The molecule has 0 bridgehead atoms. The molecule has 1 saturated heterocycles. The number of hydrogen-bond acceptors (Lipinski definition) is 7. The molecule has 33 heavy (non-hydrogen) atoms. The number of carbonyl (C=O) groups is 1. The van der Waals surface area contributed by atoms with Crippen LogP contribution in [0.1, 0.15) is 24.1 Å². The number of aryl methyl sites for hydroxylation is 1. The first-order chi connectivity index (χ1) is 15.9. The molecule has 0 saturated carbocycles. The molecule has 3 aromatic rings. The van der Waals surface area contributed by atoms with Gasteiger partial charge in [-0.2, -0.15) is 11.8 Å². The minimum atomic E-state index is -1.86. The standard InChI is InChI=1S/C25H24N2O5S/c1-16-22-15-19(5-8-21(22)23(28)32-27-16)26-24(29)25(30,18-10-13-33-14-11-18)12-9-17-3-6-20(31-2)7-4-17/h3-8,15,18,30H,10-11,13-14H2,1-2H3,(H,26,29). The minimum absolute atomic E-state index is 0.291. The third kappa shape index (κ3) is 4.90. The first-order valence-electron chi connectivity index (χ1n) is 10.6. The normalized spacial score (nSPS) is 15.8.